The van der Waals surface area contributed by atoms with Crippen molar-refractivity contribution >= 4 is 34.3 Å². The highest BCUT2D eigenvalue weighted by Gasteiger charge is 2.33. The first-order valence-electron chi connectivity index (χ1n) is 11.4. The number of anilines is 1. The molecule has 6 nitrogen and oxygen atoms in total. The molecule has 0 saturated heterocycles. The van der Waals surface area contributed by atoms with Crippen LogP contribution in [0.25, 0.3) is 6.08 Å². The SMILES string of the molecule is COc1ccc(/C=C/C(=O)Oc2ccc([C@H]3NC(=O)c4c(sc5c4CC[C@H](C)C5)N3)cc2)cc1. The third kappa shape index (κ3) is 4.56. The molecule has 7 heteroatoms. The summed E-state index contributed by atoms with van der Waals surface area (Å²) in [7, 11) is 1.61. The van der Waals surface area contributed by atoms with E-state index in [0.29, 0.717) is 11.7 Å². The summed E-state index contributed by atoms with van der Waals surface area (Å²) in [5, 5.41) is 7.50. The van der Waals surface area contributed by atoms with Gasteiger partial charge in [0.1, 0.15) is 22.7 Å². The van der Waals surface area contributed by atoms with E-state index in [-0.39, 0.29) is 12.1 Å². The molecule has 0 fully saturated rings. The molecular formula is C27H26N2O4S. The third-order valence-electron chi connectivity index (χ3n) is 6.25. The number of carbonyl (C=O) groups is 2. The number of methoxy groups -OCH3 is 1. The molecule has 0 radical (unpaired) electrons. The maximum atomic E-state index is 12.9. The Balaban J connectivity index is 1.23. The van der Waals surface area contributed by atoms with Gasteiger partial charge in [-0.2, -0.15) is 0 Å². The van der Waals surface area contributed by atoms with Crippen molar-refractivity contribution in [1.82, 2.24) is 5.32 Å². The van der Waals surface area contributed by atoms with Gasteiger partial charge in [-0.05, 0) is 72.2 Å². The van der Waals surface area contributed by atoms with Crippen molar-refractivity contribution in [1.29, 1.82) is 0 Å². The van der Waals surface area contributed by atoms with Crippen LogP contribution < -0.4 is 20.1 Å². The van der Waals surface area contributed by atoms with E-state index in [0.717, 1.165) is 46.7 Å². The van der Waals surface area contributed by atoms with Crippen LogP contribution in [0.5, 0.6) is 11.5 Å². The molecule has 1 aromatic heterocycles. The van der Waals surface area contributed by atoms with Crippen LogP contribution in [0.15, 0.2) is 54.6 Å². The number of hydrogen-bond acceptors (Lipinski definition) is 6. The fourth-order valence-electron chi connectivity index (χ4n) is 4.39. The van der Waals surface area contributed by atoms with Crippen molar-refractivity contribution in [2.45, 2.75) is 32.4 Å². The van der Waals surface area contributed by atoms with Gasteiger partial charge in [0, 0.05) is 11.0 Å². The van der Waals surface area contributed by atoms with Crippen molar-refractivity contribution < 1.29 is 19.1 Å². The Morgan fingerprint density at radius 3 is 2.53 bits per heavy atom. The summed E-state index contributed by atoms with van der Waals surface area (Å²) < 4.78 is 10.5. The van der Waals surface area contributed by atoms with E-state index in [1.54, 1.807) is 36.7 Å². The zero-order valence-electron chi connectivity index (χ0n) is 19.1. The van der Waals surface area contributed by atoms with Crippen molar-refractivity contribution in [3.05, 3.63) is 81.7 Å². The highest BCUT2D eigenvalue weighted by molar-refractivity contribution is 7.16. The predicted octanol–water partition coefficient (Wildman–Crippen LogP) is 5.35. The van der Waals surface area contributed by atoms with Crippen molar-refractivity contribution in [2.75, 3.05) is 12.4 Å². The van der Waals surface area contributed by atoms with E-state index >= 15 is 0 Å². The van der Waals surface area contributed by atoms with Gasteiger partial charge in [-0.3, -0.25) is 4.79 Å². The zero-order valence-corrected chi connectivity index (χ0v) is 19.9. The van der Waals surface area contributed by atoms with Crippen LogP contribution in [0.3, 0.4) is 0 Å². The molecule has 34 heavy (non-hydrogen) atoms. The summed E-state index contributed by atoms with van der Waals surface area (Å²) in [6, 6.07) is 14.6. The molecular weight excluding hydrogens is 448 g/mol. The summed E-state index contributed by atoms with van der Waals surface area (Å²) in [5.41, 5.74) is 3.80. The molecule has 2 heterocycles. The fourth-order valence-corrected chi connectivity index (χ4v) is 5.82. The number of fused-ring (bicyclic) bond motifs is 3. The highest BCUT2D eigenvalue weighted by atomic mass is 32.1. The first-order valence-corrected chi connectivity index (χ1v) is 12.2. The number of benzene rings is 2. The molecule has 1 aliphatic heterocycles. The summed E-state index contributed by atoms with van der Waals surface area (Å²) in [6.07, 6.45) is 5.89. The quantitative estimate of drug-likeness (QED) is 0.296. The molecule has 2 N–H and O–H groups in total. The van der Waals surface area contributed by atoms with Crippen LogP contribution in [0.4, 0.5) is 5.00 Å². The molecule has 2 aliphatic rings. The molecule has 1 aliphatic carbocycles. The lowest BCUT2D eigenvalue weighted by molar-refractivity contribution is -0.128. The van der Waals surface area contributed by atoms with Crippen LogP contribution >= 0.6 is 11.3 Å². The van der Waals surface area contributed by atoms with E-state index in [1.807, 2.05) is 36.4 Å². The second-order valence-electron chi connectivity index (χ2n) is 8.70. The summed E-state index contributed by atoms with van der Waals surface area (Å²) in [5.74, 6) is 1.37. The number of esters is 1. The molecule has 0 saturated carbocycles. The number of hydrogen-bond donors (Lipinski definition) is 2. The average Bonchev–Trinajstić information content (AvgIpc) is 3.21. The standard InChI is InChI=1S/C27H26N2O4S/c1-16-3-13-21-22(15-16)34-27-24(21)26(31)28-25(29-27)18-7-11-20(12-8-18)33-23(30)14-6-17-4-9-19(32-2)10-5-17/h4-12,14,16,25,29H,3,13,15H2,1-2H3,(H,28,31)/b14-6+/t16-,25-/m0/s1. The van der Waals surface area contributed by atoms with E-state index in [4.69, 9.17) is 9.47 Å². The number of nitrogens with one attached hydrogen (secondary N) is 2. The van der Waals surface area contributed by atoms with Crippen LogP contribution in [-0.4, -0.2) is 19.0 Å². The lowest BCUT2D eigenvalue weighted by atomic mass is 9.88. The number of thiophene rings is 1. The van der Waals surface area contributed by atoms with Gasteiger partial charge in [0.15, 0.2) is 0 Å². The molecule has 2 atom stereocenters. The first-order chi connectivity index (χ1) is 16.5. The maximum absolute atomic E-state index is 12.9. The average molecular weight is 475 g/mol. The van der Waals surface area contributed by atoms with Crippen LogP contribution in [0.2, 0.25) is 0 Å². The summed E-state index contributed by atoms with van der Waals surface area (Å²) in [4.78, 5) is 26.4. The second kappa shape index (κ2) is 9.35. The maximum Gasteiger partial charge on any atom is 0.336 e. The smallest absolute Gasteiger partial charge is 0.336 e. The first kappa shape index (κ1) is 22.2. The predicted molar refractivity (Wildman–Crippen MR) is 133 cm³/mol. The topological polar surface area (TPSA) is 76.7 Å². The highest BCUT2D eigenvalue weighted by Crippen LogP contribution is 2.42. The number of ether oxygens (including phenoxy) is 2. The second-order valence-corrected chi connectivity index (χ2v) is 9.81. The summed E-state index contributed by atoms with van der Waals surface area (Å²) in [6.45, 7) is 2.27. The minimum atomic E-state index is -0.462. The van der Waals surface area contributed by atoms with Gasteiger partial charge in [0.25, 0.3) is 5.91 Å². The molecule has 174 valence electrons. The molecule has 2 aromatic carbocycles. The van der Waals surface area contributed by atoms with Crippen LogP contribution in [0.1, 0.15) is 51.4 Å². The molecule has 0 unspecified atom stereocenters. The Hall–Kier alpha value is -3.58. The lowest BCUT2D eigenvalue weighted by Crippen LogP contribution is -2.38. The Labute approximate surface area is 202 Å². The molecule has 5 rings (SSSR count). The Morgan fingerprint density at radius 2 is 1.79 bits per heavy atom. The van der Waals surface area contributed by atoms with Gasteiger partial charge < -0.3 is 20.1 Å². The zero-order chi connectivity index (χ0) is 23.7. The van der Waals surface area contributed by atoms with Gasteiger partial charge in [0.05, 0.1) is 12.7 Å². The van der Waals surface area contributed by atoms with E-state index in [9.17, 15) is 9.59 Å². The van der Waals surface area contributed by atoms with Gasteiger partial charge in [0.2, 0.25) is 0 Å². The van der Waals surface area contributed by atoms with Crippen molar-refractivity contribution in [3.8, 4) is 11.5 Å². The van der Waals surface area contributed by atoms with E-state index in [2.05, 4.69) is 17.6 Å². The van der Waals surface area contributed by atoms with E-state index in [1.165, 1.54) is 16.5 Å². The Bertz CT molecular complexity index is 1240. The number of amides is 1. The van der Waals surface area contributed by atoms with Crippen molar-refractivity contribution in [2.24, 2.45) is 5.92 Å². The molecule has 1 amide bonds. The molecule has 3 aromatic rings. The van der Waals surface area contributed by atoms with Gasteiger partial charge in [-0.15, -0.1) is 11.3 Å². The van der Waals surface area contributed by atoms with Crippen LogP contribution in [0, 0.1) is 5.92 Å². The van der Waals surface area contributed by atoms with Gasteiger partial charge in [-0.25, -0.2) is 4.79 Å². The van der Waals surface area contributed by atoms with E-state index < -0.39 is 5.97 Å². The lowest BCUT2D eigenvalue weighted by Gasteiger charge is -2.27. The number of rotatable bonds is 5. The van der Waals surface area contributed by atoms with Gasteiger partial charge >= 0.3 is 5.97 Å². The Morgan fingerprint density at radius 1 is 1.06 bits per heavy atom. The largest absolute Gasteiger partial charge is 0.497 e. The third-order valence-corrected chi connectivity index (χ3v) is 7.43. The summed E-state index contributed by atoms with van der Waals surface area (Å²) >= 11 is 1.70. The van der Waals surface area contributed by atoms with Crippen LogP contribution in [-0.2, 0) is 17.6 Å². The number of carbonyl (C=O) groups excluding carboxylic acids is 2. The molecule has 0 spiro atoms. The minimum absolute atomic E-state index is 0.0232. The monoisotopic (exact) mass is 474 g/mol. The normalized spacial score (nSPS) is 19.1. The molecule has 0 bridgehead atoms. The Kier molecular flexibility index (Phi) is 6.11. The van der Waals surface area contributed by atoms with Crippen molar-refractivity contribution in [3.63, 3.8) is 0 Å². The van der Waals surface area contributed by atoms with Gasteiger partial charge in [-0.1, -0.05) is 31.2 Å². The minimum Gasteiger partial charge on any atom is -0.497 e. The fraction of sp³-hybridized carbons (Fsp3) is 0.259.